The van der Waals surface area contributed by atoms with E-state index in [-0.39, 0.29) is 0 Å². The molecule has 3 heterocycles. The van der Waals surface area contributed by atoms with E-state index in [1.165, 1.54) is 25.8 Å². The summed E-state index contributed by atoms with van der Waals surface area (Å²) in [5, 5.41) is 1.77. The van der Waals surface area contributed by atoms with Gasteiger partial charge in [0.25, 0.3) is 0 Å². The summed E-state index contributed by atoms with van der Waals surface area (Å²) in [6.07, 6.45) is 3.50. The van der Waals surface area contributed by atoms with Crippen molar-refractivity contribution in [1.82, 2.24) is 9.88 Å². The van der Waals surface area contributed by atoms with Gasteiger partial charge in [0, 0.05) is 55.3 Å². The number of anilines is 1. The minimum atomic E-state index is 0.685. The van der Waals surface area contributed by atoms with Gasteiger partial charge < -0.3 is 9.64 Å². The predicted octanol–water partition coefficient (Wildman–Crippen LogP) is 4.34. The molecular weight excluding hydrogens is 402 g/mol. The molecule has 6 heteroatoms. The van der Waals surface area contributed by atoms with Crippen LogP contribution in [0.2, 0.25) is 5.02 Å². The molecule has 0 spiro atoms. The normalized spacial score (nSPS) is 20.8. The molecule has 4 nitrogen and oxygen atoms in total. The fraction of sp³-hybridized carbons (Fsp3) is 0.526. The summed E-state index contributed by atoms with van der Waals surface area (Å²) in [4.78, 5) is 9.90. The molecule has 2 fully saturated rings. The monoisotopic (exact) mass is 423 g/mol. The fourth-order valence-corrected chi connectivity index (χ4v) is 4.78. The lowest BCUT2D eigenvalue weighted by Crippen LogP contribution is -2.41. The number of pyridine rings is 1. The van der Waals surface area contributed by atoms with Gasteiger partial charge in [-0.25, -0.2) is 4.98 Å². The van der Waals surface area contributed by atoms with Gasteiger partial charge in [-0.05, 0) is 43.5 Å². The molecule has 2 aliphatic rings. The van der Waals surface area contributed by atoms with Crippen LogP contribution >= 0.6 is 27.5 Å². The van der Waals surface area contributed by atoms with Crippen molar-refractivity contribution in [2.45, 2.75) is 25.3 Å². The number of hydrogen-bond acceptors (Lipinski definition) is 4. The molecule has 2 saturated heterocycles. The second kappa shape index (κ2) is 7.78. The smallest absolute Gasteiger partial charge is 0.129 e. The molecule has 0 radical (unpaired) electrons. The van der Waals surface area contributed by atoms with Crippen LogP contribution in [0.1, 0.15) is 19.3 Å². The SMILES string of the molecule is Clc1cc(Br)cc2ccc(N3CCCN(C4CCOCC4)CC3)nc12. The number of hydrogen-bond donors (Lipinski definition) is 0. The van der Waals surface area contributed by atoms with Crippen LogP contribution in [0.3, 0.4) is 0 Å². The Morgan fingerprint density at radius 2 is 1.92 bits per heavy atom. The van der Waals surface area contributed by atoms with Gasteiger partial charge in [-0.15, -0.1) is 0 Å². The summed E-state index contributed by atoms with van der Waals surface area (Å²) in [6.45, 7) is 6.15. The van der Waals surface area contributed by atoms with Crippen molar-refractivity contribution in [3.05, 3.63) is 33.8 Å². The van der Waals surface area contributed by atoms with Crippen LogP contribution in [0.4, 0.5) is 5.82 Å². The first-order valence-electron chi connectivity index (χ1n) is 9.03. The van der Waals surface area contributed by atoms with E-state index in [1.54, 1.807) is 0 Å². The first-order valence-corrected chi connectivity index (χ1v) is 10.2. The lowest BCUT2D eigenvalue weighted by molar-refractivity contribution is 0.0365. The lowest BCUT2D eigenvalue weighted by atomic mass is 10.1. The summed E-state index contributed by atoms with van der Waals surface area (Å²) in [5.41, 5.74) is 0.882. The average Bonchev–Trinajstić information content (AvgIpc) is 2.88. The molecule has 4 rings (SSSR count). The van der Waals surface area contributed by atoms with E-state index < -0.39 is 0 Å². The Bertz CT molecular complexity index is 751. The van der Waals surface area contributed by atoms with E-state index in [2.05, 4.69) is 43.9 Å². The van der Waals surface area contributed by atoms with Crippen molar-refractivity contribution in [1.29, 1.82) is 0 Å². The molecule has 134 valence electrons. The van der Waals surface area contributed by atoms with Crippen molar-refractivity contribution < 1.29 is 4.74 Å². The molecule has 1 aromatic carbocycles. The van der Waals surface area contributed by atoms with Crippen molar-refractivity contribution >= 4 is 44.3 Å². The van der Waals surface area contributed by atoms with E-state index in [9.17, 15) is 0 Å². The zero-order valence-electron chi connectivity index (χ0n) is 14.3. The maximum absolute atomic E-state index is 6.40. The largest absolute Gasteiger partial charge is 0.381 e. The second-order valence-electron chi connectivity index (χ2n) is 6.85. The maximum atomic E-state index is 6.40. The summed E-state index contributed by atoms with van der Waals surface area (Å²) < 4.78 is 6.50. The minimum Gasteiger partial charge on any atom is -0.381 e. The van der Waals surface area contributed by atoms with E-state index in [0.29, 0.717) is 11.1 Å². The first-order chi connectivity index (χ1) is 12.2. The Balaban J connectivity index is 1.51. The molecule has 0 bridgehead atoms. The highest BCUT2D eigenvalue weighted by molar-refractivity contribution is 9.10. The topological polar surface area (TPSA) is 28.6 Å². The van der Waals surface area contributed by atoms with Crippen molar-refractivity contribution in [2.24, 2.45) is 0 Å². The summed E-state index contributed by atoms with van der Waals surface area (Å²) in [5.74, 6) is 1.03. The van der Waals surface area contributed by atoms with E-state index >= 15 is 0 Å². The second-order valence-corrected chi connectivity index (χ2v) is 8.17. The predicted molar refractivity (Wildman–Crippen MR) is 107 cm³/mol. The molecule has 0 N–H and O–H groups in total. The zero-order valence-corrected chi connectivity index (χ0v) is 16.6. The molecule has 25 heavy (non-hydrogen) atoms. The fourth-order valence-electron chi connectivity index (χ4n) is 3.91. The van der Waals surface area contributed by atoms with E-state index in [4.69, 9.17) is 21.3 Å². The highest BCUT2D eigenvalue weighted by atomic mass is 79.9. The third-order valence-corrected chi connectivity index (χ3v) is 6.00. The number of nitrogens with zero attached hydrogens (tertiary/aromatic N) is 3. The van der Waals surface area contributed by atoms with Gasteiger partial charge in [0.15, 0.2) is 0 Å². The molecule has 1 aromatic heterocycles. The quantitative estimate of drug-likeness (QED) is 0.717. The number of halogens is 2. The molecule has 2 aliphatic heterocycles. The molecular formula is C19H23BrClN3O. The molecule has 0 aliphatic carbocycles. The third-order valence-electron chi connectivity index (χ3n) is 5.26. The Morgan fingerprint density at radius 1 is 1.08 bits per heavy atom. The van der Waals surface area contributed by atoms with Gasteiger partial charge in [-0.3, -0.25) is 4.90 Å². The molecule has 0 saturated carbocycles. The Kier molecular flexibility index (Phi) is 5.46. The number of ether oxygens (including phenoxy) is 1. The minimum absolute atomic E-state index is 0.685. The van der Waals surface area contributed by atoms with Crippen LogP contribution < -0.4 is 4.90 Å². The Labute approximate surface area is 162 Å². The van der Waals surface area contributed by atoms with Crippen LogP contribution in [0, 0.1) is 0 Å². The van der Waals surface area contributed by atoms with Gasteiger partial charge in [0.1, 0.15) is 5.82 Å². The molecule has 2 aromatic rings. The van der Waals surface area contributed by atoms with Gasteiger partial charge in [0.2, 0.25) is 0 Å². The van der Waals surface area contributed by atoms with Crippen LogP contribution in [0.25, 0.3) is 10.9 Å². The summed E-state index contributed by atoms with van der Waals surface area (Å²) in [6, 6.07) is 8.90. The highest BCUT2D eigenvalue weighted by Gasteiger charge is 2.24. The van der Waals surface area contributed by atoms with Crippen molar-refractivity contribution in [2.75, 3.05) is 44.3 Å². The van der Waals surface area contributed by atoms with Gasteiger partial charge in [-0.2, -0.15) is 0 Å². The van der Waals surface area contributed by atoms with Crippen LogP contribution in [0.5, 0.6) is 0 Å². The van der Waals surface area contributed by atoms with Crippen LogP contribution in [-0.4, -0.2) is 55.3 Å². The van der Waals surface area contributed by atoms with E-state index in [1.807, 2.05) is 6.07 Å². The Morgan fingerprint density at radius 3 is 2.76 bits per heavy atom. The van der Waals surface area contributed by atoms with Crippen molar-refractivity contribution in [3.63, 3.8) is 0 Å². The van der Waals surface area contributed by atoms with Crippen LogP contribution in [0.15, 0.2) is 28.7 Å². The first kappa shape index (κ1) is 17.5. The number of fused-ring (bicyclic) bond motifs is 1. The number of rotatable bonds is 2. The van der Waals surface area contributed by atoms with Crippen molar-refractivity contribution in [3.8, 4) is 0 Å². The molecule has 0 amide bonds. The zero-order chi connectivity index (χ0) is 17.2. The van der Waals surface area contributed by atoms with Gasteiger partial charge in [-0.1, -0.05) is 27.5 Å². The third kappa shape index (κ3) is 3.95. The van der Waals surface area contributed by atoms with Gasteiger partial charge in [0.05, 0.1) is 10.5 Å². The van der Waals surface area contributed by atoms with E-state index in [0.717, 1.165) is 54.0 Å². The summed E-state index contributed by atoms with van der Waals surface area (Å²) in [7, 11) is 0. The van der Waals surface area contributed by atoms with Gasteiger partial charge >= 0.3 is 0 Å². The lowest BCUT2D eigenvalue weighted by Gasteiger charge is -2.33. The number of aromatic nitrogens is 1. The molecule has 0 unspecified atom stereocenters. The maximum Gasteiger partial charge on any atom is 0.129 e. The van der Waals surface area contributed by atoms with Crippen LogP contribution in [-0.2, 0) is 4.74 Å². The highest BCUT2D eigenvalue weighted by Crippen LogP contribution is 2.29. The Hall–Kier alpha value is -0.880. The average molecular weight is 425 g/mol. The number of benzene rings is 1. The standard InChI is InChI=1S/C19H23BrClN3O/c20-15-12-14-2-3-18(22-19(14)17(21)13-15)24-7-1-6-23(8-9-24)16-4-10-25-11-5-16/h2-3,12-13,16H,1,4-11H2. The molecule has 0 atom stereocenters. The summed E-state index contributed by atoms with van der Waals surface area (Å²) >= 11 is 9.90.